The normalized spacial score (nSPS) is 14.8. The van der Waals surface area contributed by atoms with Crippen LogP contribution in [0.5, 0.6) is 11.5 Å². The van der Waals surface area contributed by atoms with Crippen molar-refractivity contribution in [2.45, 2.75) is 30.9 Å². The third-order valence-corrected chi connectivity index (χ3v) is 5.12. The fourth-order valence-electron chi connectivity index (χ4n) is 2.89. The maximum Gasteiger partial charge on any atom is 0.277 e. The highest BCUT2D eigenvalue weighted by molar-refractivity contribution is 7.99. The van der Waals surface area contributed by atoms with Gasteiger partial charge in [0, 0.05) is 18.7 Å². The van der Waals surface area contributed by atoms with Crippen LogP contribution in [0.2, 0.25) is 0 Å². The first kappa shape index (κ1) is 18.6. The molecule has 0 spiro atoms. The van der Waals surface area contributed by atoms with E-state index in [9.17, 15) is 4.79 Å². The lowest BCUT2D eigenvalue weighted by molar-refractivity contribution is -0.128. The Bertz CT molecular complexity index is 742. The number of rotatable bonds is 6. The molecule has 1 aromatic carbocycles. The van der Waals surface area contributed by atoms with Crippen molar-refractivity contribution in [3.05, 3.63) is 18.2 Å². The molecule has 0 bridgehead atoms. The third kappa shape index (κ3) is 4.49. The zero-order valence-corrected chi connectivity index (χ0v) is 15.9. The molecule has 1 saturated heterocycles. The molecule has 3 rings (SSSR count). The Morgan fingerprint density at radius 2 is 1.85 bits per heavy atom. The highest BCUT2D eigenvalue weighted by Crippen LogP contribution is 2.32. The summed E-state index contributed by atoms with van der Waals surface area (Å²) in [5.41, 5.74) is 0.737. The van der Waals surface area contributed by atoms with Gasteiger partial charge in [-0.3, -0.25) is 4.79 Å². The molecule has 0 saturated carbocycles. The van der Waals surface area contributed by atoms with E-state index in [2.05, 4.69) is 10.2 Å². The highest BCUT2D eigenvalue weighted by Gasteiger charge is 2.18. The second-order valence-corrected chi connectivity index (χ2v) is 6.95. The Morgan fingerprint density at radius 1 is 1.12 bits per heavy atom. The molecule has 0 radical (unpaired) electrons. The summed E-state index contributed by atoms with van der Waals surface area (Å²) in [4.78, 5) is 14.3. The molecule has 1 fully saturated rings. The lowest BCUT2D eigenvalue weighted by Gasteiger charge is -2.19. The average molecular weight is 377 g/mol. The van der Waals surface area contributed by atoms with Crippen LogP contribution in [0.4, 0.5) is 0 Å². The number of benzene rings is 1. The molecule has 26 heavy (non-hydrogen) atoms. The van der Waals surface area contributed by atoms with Gasteiger partial charge in [-0.05, 0) is 31.0 Å². The van der Waals surface area contributed by atoms with Crippen molar-refractivity contribution in [2.75, 3.05) is 33.1 Å². The van der Waals surface area contributed by atoms with Gasteiger partial charge in [0.25, 0.3) is 5.22 Å². The van der Waals surface area contributed by atoms with E-state index in [1.807, 2.05) is 11.0 Å². The Kier molecular flexibility index (Phi) is 6.38. The van der Waals surface area contributed by atoms with Crippen molar-refractivity contribution in [1.82, 2.24) is 15.1 Å². The zero-order valence-electron chi connectivity index (χ0n) is 15.1. The molecule has 0 aliphatic carbocycles. The minimum atomic E-state index is 0.128. The van der Waals surface area contributed by atoms with Gasteiger partial charge in [-0.25, -0.2) is 0 Å². The maximum absolute atomic E-state index is 12.3. The average Bonchev–Trinajstić information content (AvgIpc) is 2.98. The van der Waals surface area contributed by atoms with Crippen LogP contribution < -0.4 is 9.47 Å². The minimum absolute atomic E-state index is 0.128. The van der Waals surface area contributed by atoms with E-state index in [-0.39, 0.29) is 5.91 Å². The number of likely N-dealkylation sites (tertiary alicyclic amines) is 1. The van der Waals surface area contributed by atoms with Crippen molar-refractivity contribution in [2.24, 2.45) is 0 Å². The first-order valence-corrected chi connectivity index (χ1v) is 9.66. The van der Waals surface area contributed by atoms with Gasteiger partial charge >= 0.3 is 0 Å². The molecule has 7 nitrogen and oxygen atoms in total. The quantitative estimate of drug-likeness (QED) is 0.715. The number of hydrogen-bond acceptors (Lipinski definition) is 7. The second-order valence-electron chi connectivity index (χ2n) is 6.03. The molecule has 0 N–H and O–H groups in total. The summed E-state index contributed by atoms with van der Waals surface area (Å²) in [6, 6.07) is 5.39. The predicted octanol–water partition coefficient (Wildman–Crippen LogP) is 3.25. The van der Waals surface area contributed by atoms with Gasteiger partial charge in [0.1, 0.15) is 0 Å². The monoisotopic (exact) mass is 377 g/mol. The topological polar surface area (TPSA) is 77.7 Å². The van der Waals surface area contributed by atoms with Crippen LogP contribution in [-0.4, -0.2) is 54.1 Å². The van der Waals surface area contributed by atoms with Crippen LogP contribution in [-0.2, 0) is 4.79 Å². The van der Waals surface area contributed by atoms with Crippen molar-refractivity contribution in [3.8, 4) is 23.0 Å². The maximum atomic E-state index is 12.3. The first-order chi connectivity index (χ1) is 12.7. The molecular formula is C18H23N3O4S. The zero-order chi connectivity index (χ0) is 18.4. The standard InChI is InChI=1S/C18H23N3O4S/c1-23-14-8-7-13(11-15(14)24-2)17-19-20-18(25-17)26-12-16(22)21-9-5-3-4-6-10-21/h7-8,11H,3-6,9-10,12H2,1-2H3. The van der Waals surface area contributed by atoms with E-state index >= 15 is 0 Å². The van der Waals surface area contributed by atoms with E-state index < -0.39 is 0 Å². The Hall–Kier alpha value is -2.22. The van der Waals surface area contributed by atoms with Crippen molar-refractivity contribution < 1.29 is 18.7 Å². The van der Waals surface area contributed by atoms with Crippen molar-refractivity contribution >= 4 is 17.7 Å². The van der Waals surface area contributed by atoms with E-state index in [0.29, 0.717) is 28.4 Å². The van der Waals surface area contributed by atoms with Crippen LogP contribution in [0, 0.1) is 0 Å². The molecule has 1 aromatic heterocycles. The molecule has 0 unspecified atom stereocenters. The molecule has 2 heterocycles. The smallest absolute Gasteiger partial charge is 0.277 e. The number of aromatic nitrogens is 2. The van der Waals surface area contributed by atoms with Crippen LogP contribution in [0.25, 0.3) is 11.5 Å². The van der Waals surface area contributed by atoms with Crippen molar-refractivity contribution in [3.63, 3.8) is 0 Å². The molecule has 1 aliphatic heterocycles. The molecule has 140 valence electrons. The second kappa shape index (κ2) is 8.93. The Balaban J connectivity index is 1.62. The van der Waals surface area contributed by atoms with Crippen molar-refractivity contribution in [1.29, 1.82) is 0 Å². The summed E-state index contributed by atoms with van der Waals surface area (Å²) in [6.07, 6.45) is 4.57. The largest absolute Gasteiger partial charge is 0.493 e. The van der Waals surface area contributed by atoms with Gasteiger partial charge in [-0.2, -0.15) is 0 Å². The fraction of sp³-hybridized carbons (Fsp3) is 0.500. The van der Waals surface area contributed by atoms with Gasteiger partial charge in [0.2, 0.25) is 11.8 Å². The summed E-state index contributed by atoms with van der Waals surface area (Å²) in [6.45, 7) is 1.69. The first-order valence-electron chi connectivity index (χ1n) is 8.67. The number of carbonyl (C=O) groups excluding carboxylic acids is 1. The molecule has 0 atom stereocenters. The highest BCUT2D eigenvalue weighted by atomic mass is 32.2. The van der Waals surface area contributed by atoms with E-state index in [1.54, 1.807) is 26.4 Å². The van der Waals surface area contributed by atoms with Crippen LogP contribution >= 0.6 is 11.8 Å². The number of ether oxygens (including phenoxy) is 2. The minimum Gasteiger partial charge on any atom is -0.493 e. The van der Waals surface area contributed by atoms with Crippen LogP contribution in [0.3, 0.4) is 0 Å². The van der Waals surface area contributed by atoms with E-state index in [0.717, 1.165) is 31.5 Å². The fourth-order valence-corrected chi connectivity index (χ4v) is 3.55. The summed E-state index contributed by atoms with van der Waals surface area (Å²) >= 11 is 1.27. The molecule has 1 aliphatic rings. The number of carbonyl (C=O) groups is 1. The van der Waals surface area contributed by atoms with Crippen LogP contribution in [0.1, 0.15) is 25.7 Å². The number of amides is 1. The summed E-state index contributed by atoms with van der Waals surface area (Å²) < 4.78 is 16.2. The number of hydrogen-bond donors (Lipinski definition) is 0. The van der Waals surface area contributed by atoms with E-state index in [4.69, 9.17) is 13.9 Å². The van der Waals surface area contributed by atoms with E-state index in [1.165, 1.54) is 24.6 Å². The molecule has 2 aromatic rings. The van der Waals surface area contributed by atoms with Gasteiger partial charge in [0.15, 0.2) is 11.5 Å². The number of methoxy groups -OCH3 is 2. The van der Waals surface area contributed by atoms with Gasteiger partial charge in [-0.1, -0.05) is 24.6 Å². The molecular weight excluding hydrogens is 354 g/mol. The Morgan fingerprint density at radius 3 is 2.54 bits per heavy atom. The summed E-state index contributed by atoms with van der Waals surface area (Å²) in [5, 5.41) is 8.48. The predicted molar refractivity (Wildman–Crippen MR) is 98.6 cm³/mol. The third-order valence-electron chi connectivity index (χ3n) is 4.31. The number of nitrogens with zero attached hydrogens (tertiary/aromatic N) is 3. The van der Waals surface area contributed by atoms with Gasteiger partial charge in [0.05, 0.1) is 20.0 Å². The number of thioether (sulfide) groups is 1. The van der Waals surface area contributed by atoms with Gasteiger partial charge in [-0.15, -0.1) is 10.2 Å². The lowest BCUT2D eigenvalue weighted by Crippen LogP contribution is -2.33. The molecule has 1 amide bonds. The SMILES string of the molecule is COc1ccc(-c2nnc(SCC(=O)N3CCCCCC3)o2)cc1OC. The summed E-state index contributed by atoms with van der Waals surface area (Å²) in [5.74, 6) is 2.05. The summed E-state index contributed by atoms with van der Waals surface area (Å²) in [7, 11) is 3.16. The Labute approximate surface area is 157 Å². The lowest BCUT2D eigenvalue weighted by atomic mass is 10.2. The van der Waals surface area contributed by atoms with Crippen LogP contribution in [0.15, 0.2) is 27.8 Å². The van der Waals surface area contributed by atoms with Gasteiger partial charge < -0.3 is 18.8 Å². The molecule has 8 heteroatoms.